The maximum absolute atomic E-state index is 13.6. The molecule has 2 fully saturated rings. The highest BCUT2D eigenvalue weighted by atomic mass is 32.2. The Kier molecular flexibility index (Phi) is 6.97. The van der Waals surface area contributed by atoms with Gasteiger partial charge in [-0.05, 0) is 51.3 Å². The van der Waals surface area contributed by atoms with Crippen molar-refractivity contribution in [3.8, 4) is 5.75 Å². The van der Waals surface area contributed by atoms with Crippen molar-refractivity contribution in [2.24, 2.45) is 5.92 Å². The number of ether oxygens (including phenoxy) is 1. The molecule has 0 saturated carbocycles. The Labute approximate surface area is 196 Å². The van der Waals surface area contributed by atoms with Crippen LogP contribution in [0.3, 0.4) is 0 Å². The van der Waals surface area contributed by atoms with Gasteiger partial charge in [-0.1, -0.05) is 6.92 Å². The molecule has 10 heteroatoms. The van der Waals surface area contributed by atoms with Crippen molar-refractivity contribution in [1.29, 1.82) is 0 Å². The second kappa shape index (κ2) is 9.60. The second-order valence-corrected chi connectivity index (χ2v) is 11.1. The number of piperidine rings is 1. The first-order chi connectivity index (χ1) is 15.7. The molecule has 2 saturated heterocycles. The van der Waals surface area contributed by atoms with Crippen molar-refractivity contribution < 1.29 is 22.7 Å². The molecular formula is C23H34N4O5S. The fourth-order valence-electron chi connectivity index (χ4n) is 4.89. The number of nitrogens with one attached hydrogen (secondary N) is 1. The molecule has 0 unspecified atom stereocenters. The summed E-state index contributed by atoms with van der Waals surface area (Å²) in [4.78, 5) is 29.5. The fraction of sp³-hybridized carbons (Fsp3) is 0.652. The van der Waals surface area contributed by atoms with E-state index in [2.05, 4.69) is 17.1 Å². The van der Waals surface area contributed by atoms with E-state index in [0.29, 0.717) is 49.5 Å². The van der Waals surface area contributed by atoms with Crippen molar-refractivity contribution in [3.63, 3.8) is 0 Å². The maximum Gasteiger partial charge on any atom is 0.265 e. The van der Waals surface area contributed by atoms with E-state index in [0.717, 1.165) is 26.1 Å². The van der Waals surface area contributed by atoms with Crippen LogP contribution < -0.4 is 10.1 Å². The average Bonchev–Trinajstić information content (AvgIpc) is 2.80. The van der Waals surface area contributed by atoms with E-state index in [-0.39, 0.29) is 29.2 Å². The molecule has 3 heterocycles. The number of carbonyl (C=O) groups is 2. The zero-order valence-electron chi connectivity index (χ0n) is 19.7. The molecule has 3 aliphatic heterocycles. The number of fused-ring (bicyclic) bond motifs is 1. The van der Waals surface area contributed by atoms with Gasteiger partial charge in [0.2, 0.25) is 15.9 Å². The number of sulfonamides is 1. The first-order valence-electron chi connectivity index (χ1n) is 11.8. The Morgan fingerprint density at radius 1 is 1.18 bits per heavy atom. The van der Waals surface area contributed by atoms with E-state index < -0.39 is 16.1 Å². The van der Waals surface area contributed by atoms with Crippen LogP contribution in [0.4, 0.5) is 5.69 Å². The maximum atomic E-state index is 13.6. The summed E-state index contributed by atoms with van der Waals surface area (Å²) in [6.07, 6.45) is 1.77. The summed E-state index contributed by atoms with van der Waals surface area (Å²) in [5, 5.41) is 2.75. The van der Waals surface area contributed by atoms with Gasteiger partial charge in [-0.25, -0.2) is 8.42 Å². The largest absolute Gasteiger partial charge is 0.479 e. The average molecular weight is 479 g/mol. The van der Waals surface area contributed by atoms with Crippen LogP contribution in [0.1, 0.15) is 38.7 Å². The van der Waals surface area contributed by atoms with Gasteiger partial charge in [0.25, 0.3) is 5.91 Å². The molecule has 2 atom stereocenters. The molecule has 2 amide bonds. The number of rotatable bonds is 5. The van der Waals surface area contributed by atoms with Gasteiger partial charge in [-0.3, -0.25) is 14.5 Å². The van der Waals surface area contributed by atoms with Crippen molar-refractivity contribution in [2.75, 3.05) is 51.1 Å². The van der Waals surface area contributed by atoms with Crippen molar-refractivity contribution in [1.82, 2.24) is 14.1 Å². The number of amides is 2. The molecule has 4 rings (SSSR count). The highest BCUT2D eigenvalue weighted by molar-refractivity contribution is 7.89. The van der Waals surface area contributed by atoms with Crippen LogP contribution in [0, 0.1) is 12.8 Å². The molecule has 0 spiro atoms. The molecule has 1 aromatic carbocycles. The van der Waals surface area contributed by atoms with Gasteiger partial charge < -0.3 is 15.0 Å². The van der Waals surface area contributed by atoms with Crippen LogP contribution in [0.5, 0.6) is 5.75 Å². The third kappa shape index (κ3) is 4.88. The topological polar surface area (TPSA) is 99.3 Å². The smallest absolute Gasteiger partial charge is 0.265 e. The molecule has 0 bridgehead atoms. The highest BCUT2D eigenvalue weighted by Crippen LogP contribution is 2.36. The minimum absolute atomic E-state index is 0.0630. The number of carbonyl (C=O) groups excluding carboxylic acids is 2. The summed E-state index contributed by atoms with van der Waals surface area (Å²) < 4.78 is 34.2. The minimum Gasteiger partial charge on any atom is -0.479 e. The van der Waals surface area contributed by atoms with Gasteiger partial charge in [0.15, 0.2) is 6.10 Å². The summed E-state index contributed by atoms with van der Waals surface area (Å²) in [6.45, 7) is 10.3. The van der Waals surface area contributed by atoms with Crippen molar-refractivity contribution >= 4 is 27.5 Å². The quantitative estimate of drug-likeness (QED) is 0.691. The number of piperazine rings is 1. The minimum atomic E-state index is -3.81. The first kappa shape index (κ1) is 24.0. The Hall–Kier alpha value is -2.17. The molecule has 182 valence electrons. The lowest BCUT2D eigenvalue weighted by atomic mass is 9.98. The zero-order valence-corrected chi connectivity index (χ0v) is 20.5. The summed E-state index contributed by atoms with van der Waals surface area (Å²) in [5.74, 6) is -0.167. The standard InChI is InChI=1S/C23H34N4O5S/c1-4-7-25-9-11-26(12-10-25)23(29)18-6-5-8-27(15-18)33(30,31)21-14-20-19(13-16(21)2)24-22(28)17(3)32-20/h13-14,17-18H,4-12,15H2,1-3H3,(H,24,28)/t17-,18-/m0/s1. The number of hydrogen-bond donors (Lipinski definition) is 1. The van der Waals surface area contributed by atoms with E-state index in [1.807, 2.05) is 4.90 Å². The zero-order chi connectivity index (χ0) is 23.8. The Bertz CT molecular complexity index is 1020. The predicted octanol–water partition coefficient (Wildman–Crippen LogP) is 1.67. The number of anilines is 1. The summed E-state index contributed by atoms with van der Waals surface area (Å²) in [5.41, 5.74) is 1.01. The van der Waals surface area contributed by atoms with Gasteiger partial charge in [0, 0.05) is 45.3 Å². The van der Waals surface area contributed by atoms with E-state index >= 15 is 0 Å². The van der Waals surface area contributed by atoms with E-state index in [9.17, 15) is 18.0 Å². The Morgan fingerprint density at radius 2 is 1.91 bits per heavy atom. The molecule has 33 heavy (non-hydrogen) atoms. The Balaban J connectivity index is 1.48. The molecule has 0 aromatic heterocycles. The summed E-state index contributed by atoms with van der Waals surface area (Å²) >= 11 is 0. The molecular weight excluding hydrogens is 444 g/mol. The van der Waals surface area contributed by atoms with Crippen LogP contribution in [0.15, 0.2) is 17.0 Å². The molecule has 9 nitrogen and oxygen atoms in total. The van der Waals surface area contributed by atoms with Gasteiger partial charge in [0.1, 0.15) is 5.75 Å². The first-order valence-corrected chi connectivity index (χ1v) is 13.3. The van der Waals surface area contributed by atoms with Crippen LogP contribution in [0.2, 0.25) is 0 Å². The number of benzene rings is 1. The number of nitrogens with zero attached hydrogens (tertiary/aromatic N) is 3. The lowest BCUT2D eigenvalue weighted by Gasteiger charge is -2.38. The van der Waals surface area contributed by atoms with E-state index in [4.69, 9.17) is 4.74 Å². The molecule has 1 N–H and O–H groups in total. The molecule has 3 aliphatic rings. The second-order valence-electron chi connectivity index (χ2n) is 9.23. The van der Waals surface area contributed by atoms with Crippen molar-refractivity contribution in [2.45, 2.75) is 51.0 Å². The number of aryl methyl sites for hydroxylation is 1. The lowest BCUT2D eigenvalue weighted by molar-refractivity contribution is -0.138. The van der Waals surface area contributed by atoms with E-state index in [1.165, 1.54) is 10.4 Å². The van der Waals surface area contributed by atoms with Crippen LogP contribution >= 0.6 is 0 Å². The van der Waals surface area contributed by atoms with Gasteiger partial charge in [-0.2, -0.15) is 4.31 Å². The summed E-state index contributed by atoms with van der Waals surface area (Å²) in [7, 11) is -3.81. The lowest BCUT2D eigenvalue weighted by Crippen LogP contribution is -2.53. The van der Waals surface area contributed by atoms with Gasteiger partial charge in [0.05, 0.1) is 16.5 Å². The fourth-order valence-corrected chi connectivity index (χ4v) is 6.63. The third-order valence-corrected chi connectivity index (χ3v) is 8.79. The molecule has 0 radical (unpaired) electrons. The van der Waals surface area contributed by atoms with Gasteiger partial charge in [-0.15, -0.1) is 0 Å². The monoisotopic (exact) mass is 478 g/mol. The number of hydrogen-bond acceptors (Lipinski definition) is 6. The van der Waals surface area contributed by atoms with E-state index in [1.54, 1.807) is 19.9 Å². The van der Waals surface area contributed by atoms with Crippen LogP contribution in [-0.4, -0.2) is 86.3 Å². The Morgan fingerprint density at radius 3 is 2.61 bits per heavy atom. The summed E-state index contributed by atoms with van der Waals surface area (Å²) in [6, 6.07) is 3.13. The third-order valence-electron chi connectivity index (χ3n) is 6.78. The van der Waals surface area contributed by atoms with Crippen LogP contribution in [-0.2, 0) is 19.6 Å². The van der Waals surface area contributed by atoms with Gasteiger partial charge >= 0.3 is 0 Å². The SMILES string of the molecule is CCCN1CCN(C(=O)[C@H]2CCCN(S(=O)(=O)c3cc4c(cc3C)NC(=O)[C@H](C)O4)C2)CC1. The molecule has 0 aliphatic carbocycles. The van der Waals surface area contributed by atoms with Crippen LogP contribution in [0.25, 0.3) is 0 Å². The van der Waals surface area contributed by atoms with Crippen molar-refractivity contribution in [3.05, 3.63) is 17.7 Å². The normalized spacial score (nSPS) is 24.7. The highest BCUT2D eigenvalue weighted by Gasteiger charge is 2.37. The molecule has 1 aromatic rings. The predicted molar refractivity (Wildman–Crippen MR) is 125 cm³/mol.